The van der Waals surface area contributed by atoms with Crippen LogP contribution in [0.2, 0.25) is 10.0 Å². The van der Waals surface area contributed by atoms with Gasteiger partial charge < -0.3 is 15.1 Å². The number of aliphatic hydroxyl groups is 1. The van der Waals surface area contributed by atoms with Gasteiger partial charge in [0.2, 0.25) is 0 Å². The van der Waals surface area contributed by atoms with Crippen LogP contribution in [0, 0.1) is 0 Å². The fourth-order valence-electron chi connectivity index (χ4n) is 3.12. The molecule has 0 aliphatic carbocycles. The maximum atomic E-state index is 12.7. The highest BCUT2D eigenvalue weighted by Gasteiger charge is 2.46. The number of rotatable bonds is 5. The maximum absolute atomic E-state index is 12.7. The van der Waals surface area contributed by atoms with Gasteiger partial charge in [-0.1, -0.05) is 59.6 Å². The van der Waals surface area contributed by atoms with Crippen LogP contribution in [-0.2, 0) is 14.4 Å². The number of halogens is 2. The van der Waals surface area contributed by atoms with Crippen LogP contribution in [-0.4, -0.2) is 39.3 Å². The topological polar surface area (TPSA) is 94.9 Å². The van der Waals surface area contributed by atoms with Crippen molar-refractivity contribution < 1.29 is 24.6 Å². The van der Waals surface area contributed by atoms with Gasteiger partial charge in [0.15, 0.2) is 0 Å². The third kappa shape index (κ3) is 3.74. The third-order valence-corrected chi connectivity index (χ3v) is 4.97. The van der Waals surface area contributed by atoms with Gasteiger partial charge in [-0.05, 0) is 17.7 Å². The minimum absolute atomic E-state index is 0.147. The number of carbonyl (C=O) groups is 3. The van der Waals surface area contributed by atoms with E-state index in [0.29, 0.717) is 16.1 Å². The summed E-state index contributed by atoms with van der Waals surface area (Å²) in [7, 11) is 0. The van der Waals surface area contributed by atoms with Crippen molar-refractivity contribution in [3.8, 4) is 0 Å². The van der Waals surface area contributed by atoms with Crippen LogP contribution in [0.5, 0.6) is 0 Å². The zero-order valence-electron chi connectivity index (χ0n) is 14.4. The van der Waals surface area contributed by atoms with Gasteiger partial charge >= 0.3 is 5.97 Å². The molecule has 0 bridgehead atoms. The summed E-state index contributed by atoms with van der Waals surface area (Å²) in [4.78, 5) is 37.4. The Morgan fingerprint density at radius 1 is 1.04 bits per heavy atom. The fraction of sp³-hybridized carbons (Fsp3) is 0.150. The number of likely N-dealkylation sites (tertiary alicyclic amines) is 1. The van der Waals surface area contributed by atoms with Crippen LogP contribution < -0.4 is 0 Å². The molecule has 1 fully saturated rings. The van der Waals surface area contributed by atoms with Crippen molar-refractivity contribution in [3.05, 3.63) is 75.3 Å². The van der Waals surface area contributed by atoms with E-state index in [1.165, 1.54) is 6.07 Å². The lowest BCUT2D eigenvalue weighted by Gasteiger charge is -2.25. The first kappa shape index (κ1) is 19.9. The minimum atomic E-state index is -1.12. The molecule has 8 heteroatoms. The number of carboxylic acid groups (broad SMARTS) is 1. The summed E-state index contributed by atoms with van der Waals surface area (Å²) in [5, 5.41) is 20.3. The molecule has 2 aromatic carbocycles. The quantitative estimate of drug-likeness (QED) is 0.435. The number of hydrogen-bond acceptors (Lipinski definition) is 4. The van der Waals surface area contributed by atoms with Gasteiger partial charge in [-0.2, -0.15) is 0 Å². The molecule has 1 aliphatic rings. The molecule has 1 aliphatic heterocycles. The van der Waals surface area contributed by atoms with E-state index >= 15 is 0 Å². The number of ketones is 1. The zero-order chi connectivity index (χ0) is 20.4. The summed E-state index contributed by atoms with van der Waals surface area (Å²) in [6.45, 7) is -0.213. The van der Waals surface area contributed by atoms with Gasteiger partial charge in [0, 0.05) is 22.2 Å². The first-order valence-electron chi connectivity index (χ1n) is 8.32. The second kappa shape index (κ2) is 8.04. The van der Waals surface area contributed by atoms with Gasteiger partial charge in [0.05, 0.1) is 18.0 Å². The average molecular weight is 420 g/mol. The number of carboxylic acids is 1. The van der Waals surface area contributed by atoms with Crippen molar-refractivity contribution in [2.75, 3.05) is 6.54 Å². The number of benzene rings is 2. The van der Waals surface area contributed by atoms with E-state index in [1.807, 2.05) is 0 Å². The number of hydrogen-bond donors (Lipinski definition) is 2. The Balaban J connectivity index is 2.19. The van der Waals surface area contributed by atoms with Crippen LogP contribution in [0.15, 0.2) is 54.1 Å². The lowest BCUT2D eigenvalue weighted by Crippen LogP contribution is -2.32. The van der Waals surface area contributed by atoms with E-state index < -0.39 is 23.7 Å². The van der Waals surface area contributed by atoms with E-state index in [0.717, 1.165) is 4.90 Å². The molecule has 1 saturated heterocycles. The summed E-state index contributed by atoms with van der Waals surface area (Å²) in [5.41, 5.74) is 0.577. The molecular weight excluding hydrogens is 405 g/mol. The molecule has 144 valence electrons. The highest BCUT2D eigenvalue weighted by molar-refractivity contribution is 6.47. The van der Waals surface area contributed by atoms with Crippen molar-refractivity contribution in [2.24, 2.45) is 0 Å². The molecule has 0 radical (unpaired) electrons. The van der Waals surface area contributed by atoms with Gasteiger partial charge in [0.1, 0.15) is 5.76 Å². The van der Waals surface area contributed by atoms with Gasteiger partial charge in [-0.3, -0.25) is 14.4 Å². The largest absolute Gasteiger partial charge is 0.507 e. The summed E-state index contributed by atoms with van der Waals surface area (Å²) in [5.74, 6) is -3.27. The van der Waals surface area contributed by atoms with E-state index in [1.54, 1.807) is 42.5 Å². The number of aliphatic carboxylic acids is 1. The maximum Gasteiger partial charge on any atom is 0.305 e. The predicted octanol–water partition coefficient (Wildman–Crippen LogP) is 3.89. The Kier molecular flexibility index (Phi) is 5.72. The Bertz CT molecular complexity index is 987. The Hall–Kier alpha value is -2.83. The van der Waals surface area contributed by atoms with Crippen molar-refractivity contribution in [1.82, 2.24) is 4.90 Å². The lowest BCUT2D eigenvalue weighted by atomic mass is 9.95. The number of Topliss-reactive ketones (excluding diaryl/α,β-unsaturated/α-hetero) is 1. The van der Waals surface area contributed by atoms with Crippen molar-refractivity contribution >= 4 is 46.6 Å². The van der Waals surface area contributed by atoms with E-state index in [-0.39, 0.29) is 29.3 Å². The van der Waals surface area contributed by atoms with Crippen LogP contribution in [0.25, 0.3) is 5.76 Å². The average Bonchev–Trinajstić information content (AvgIpc) is 2.91. The second-order valence-electron chi connectivity index (χ2n) is 6.17. The summed E-state index contributed by atoms with van der Waals surface area (Å²) < 4.78 is 0. The SMILES string of the molecule is O=C(O)CCN1C(=O)C(=O)C(=C(O)c2ccccc2)C1c1ccc(Cl)cc1Cl. The molecule has 28 heavy (non-hydrogen) atoms. The van der Waals surface area contributed by atoms with Crippen LogP contribution >= 0.6 is 23.2 Å². The van der Waals surface area contributed by atoms with E-state index in [9.17, 15) is 19.5 Å². The Labute approximate surface area is 170 Å². The molecule has 1 unspecified atom stereocenters. The Morgan fingerprint density at radius 2 is 1.71 bits per heavy atom. The highest BCUT2D eigenvalue weighted by atomic mass is 35.5. The molecule has 2 N–H and O–H groups in total. The predicted molar refractivity (Wildman–Crippen MR) is 104 cm³/mol. The summed E-state index contributed by atoms with van der Waals surface area (Å²) in [6, 6.07) is 11.8. The van der Waals surface area contributed by atoms with Crippen LogP contribution in [0.1, 0.15) is 23.6 Å². The molecule has 1 amide bonds. The Morgan fingerprint density at radius 3 is 2.32 bits per heavy atom. The highest BCUT2D eigenvalue weighted by Crippen LogP contribution is 2.42. The standard InChI is InChI=1S/C20H15Cl2NO5/c21-12-6-7-13(14(22)10-12)17-16(18(26)11-4-2-1-3-5-11)19(27)20(28)23(17)9-8-15(24)25/h1-7,10,17,26H,8-9H2,(H,24,25). The lowest BCUT2D eigenvalue weighted by molar-refractivity contribution is -0.142. The van der Waals surface area contributed by atoms with Crippen molar-refractivity contribution in [3.63, 3.8) is 0 Å². The third-order valence-electron chi connectivity index (χ3n) is 4.41. The molecule has 2 aromatic rings. The van der Waals surface area contributed by atoms with Crippen molar-refractivity contribution in [2.45, 2.75) is 12.5 Å². The molecule has 3 rings (SSSR count). The smallest absolute Gasteiger partial charge is 0.305 e. The van der Waals surface area contributed by atoms with Crippen LogP contribution in [0.3, 0.4) is 0 Å². The first-order chi connectivity index (χ1) is 13.3. The van der Waals surface area contributed by atoms with Gasteiger partial charge in [-0.25, -0.2) is 0 Å². The van der Waals surface area contributed by atoms with E-state index in [4.69, 9.17) is 28.3 Å². The molecule has 0 aromatic heterocycles. The molecule has 1 atom stereocenters. The number of nitrogens with zero attached hydrogens (tertiary/aromatic N) is 1. The number of carbonyl (C=O) groups excluding carboxylic acids is 2. The molecule has 0 spiro atoms. The molecule has 1 heterocycles. The minimum Gasteiger partial charge on any atom is -0.507 e. The van der Waals surface area contributed by atoms with Gasteiger partial charge in [-0.15, -0.1) is 0 Å². The molecule has 6 nitrogen and oxygen atoms in total. The monoisotopic (exact) mass is 419 g/mol. The zero-order valence-corrected chi connectivity index (χ0v) is 15.9. The fourth-order valence-corrected chi connectivity index (χ4v) is 3.64. The van der Waals surface area contributed by atoms with Crippen LogP contribution in [0.4, 0.5) is 0 Å². The first-order valence-corrected chi connectivity index (χ1v) is 9.07. The second-order valence-corrected chi connectivity index (χ2v) is 7.01. The summed E-state index contributed by atoms with van der Waals surface area (Å²) >= 11 is 12.2. The van der Waals surface area contributed by atoms with E-state index in [2.05, 4.69) is 0 Å². The molecular formula is C20H15Cl2NO5. The van der Waals surface area contributed by atoms with Gasteiger partial charge in [0.25, 0.3) is 11.7 Å². The van der Waals surface area contributed by atoms with Crippen molar-refractivity contribution in [1.29, 1.82) is 0 Å². The normalized spacial score (nSPS) is 18.5. The number of aliphatic hydroxyl groups excluding tert-OH is 1. The molecule has 0 saturated carbocycles. The number of amides is 1. The summed E-state index contributed by atoms with van der Waals surface area (Å²) in [6.07, 6.45) is -0.361.